The van der Waals surface area contributed by atoms with Crippen LogP contribution < -0.4 is 10.7 Å². The number of aromatic amines is 1. The van der Waals surface area contributed by atoms with Gasteiger partial charge in [0.15, 0.2) is 0 Å². The molecule has 0 radical (unpaired) electrons. The van der Waals surface area contributed by atoms with Crippen molar-refractivity contribution in [2.45, 2.75) is 0 Å². The molecule has 2 heterocycles. The topological polar surface area (TPSA) is 86.3 Å². The van der Waals surface area contributed by atoms with Crippen LogP contribution in [0.3, 0.4) is 0 Å². The van der Waals surface area contributed by atoms with E-state index in [4.69, 9.17) is 11.6 Å². The lowest BCUT2D eigenvalue weighted by Gasteiger charge is -2.02. The van der Waals surface area contributed by atoms with Crippen LogP contribution in [0.1, 0.15) is 15.2 Å². The van der Waals surface area contributed by atoms with E-state index in [2.05, 4.69) is 20.8 Å². The third kappa shape index (κ3) is 3.62. The summed E-state index contributed by atoms with van der Waals surface area (Å²) in [7, 11) is 0. The van der Waals surface area contributed by atoms with E-state index >= 15 is 0 Å². The van der Waals surface area contributed by atoms with Crippen molar-refractivity contribution in [2.75, 3.05) is 6.54 Å². The number of nitrogens with one attached hydrogen (secondary N) is 3. The van der Waals surface area contributed by atoms with Crippen molar-refractivity contribution in [1.29, 1.82) is 0 Å². The van der Waals surface area contributed by atoms with Crippen LogP contribution in [0.5, 0.6) is 0 Å². The number of fused-ring (bicyclic) bond motifs is 2. The minimum atomic E-state index is -0.429. The maximum absolute atomic E-state index is 12.3. The molecule has 4 rings (SSSR count). The summed E-state index contributed by atoms with van der Waals surface area (Å²) in [6.07, 6.45) is 3.37. The third-order valence-electron chi connectivity index (χ3n) is 4.16. The van der Waals surface area contributed by atoms with Crippen LogP contribution in [-0.2, 0) is 4.79 Å². The highest BCUT2D eigenvalue weighted by Crippen LogP contribution is 2.34. The van der Waals surface area contributed by atoms with Gasteiger partial charge in [-0.05, 0) is 12.1 Å². The summed E-state index contributed by atoms with van der Waals surface area (Å²) in [5.41, 5.74) is 4.25. The predicted molar refractivity (Wildman–Crippen MR) is 113 cm³/mol. The number of hydrogen-bond donors (Lipinski definition) is 3. The molecule has 0 aliphatic heterocycles. The summed E-state index contributed by atoms with van der Waals surface area (Å²) in [6.45, 7) is -0.200. The smallest absolute Gasteiger partial charge is 0.263 e. The summed E-state index contributed by atoms with van der Waals surface area (Å²) in [5, 5.41) is 8.75. The first-order valence-corrected chi connectivity index (χ1v) is 9.66. The molecule has 0 aliphatic rings. The van der Waals surface area contributed by atoms with E-state index in [1.54, 1.807) is 6.21 Å². The summed E-state index contributed by atoms with van der Waals surface area (Å²) in [6, 6.07) is 15.3. The van der Waals surface area contributed by atoms with Gasteiger partial charge in [-0.25, -0.2) is 5.43 Å². The molecule has 2 aromatic carbocycles. The van der Waals surface area contributed by atoms with E-state index in [-0.39, 0.29) is 12.5 Å². The molecule has 0 unspecified atom stereocenters. The highest BCUT2D eigenvalue weighted by Gasteiger charge is 2.17. The van der Waals surface area contributed by atoms with E-state index in [0.717, 1.165) is 26.6 Å². The molecule has 3 N–H and O–H groups in total. The van der Waals surface area contributed by atoms with Gasteiger partial charge in [0, 0.05) is 32.7 Å². The number of benzene rings is 2. The van der Waals surface area contributed by atoms with Crippen LogP contribution in [0, 0.1) is 0 Å². The average Bonchev–Trinajstić information content (AvgIpc) is 3.28. The van der Waals surface area contributed by atoms with Gasteiger partial charge in [-0.2, -0.15) is 5.10 Å². The van der Waals surface area contributed by atoms with E-state index in [1.807, 2.05) is 54.7 Å². The van der Waals surface area contributed by atoms with Gasteiger partial charge in [-0.1, -0.05) is 48.0 Å². The molecule has 2 aromatic heterocycles. The number of hydrogen-bond acceptors (Lipinski definition) is 4. The minimum absolute atomic E-state index is 0.200. The van der Waals surface area contributed by atoms with Crippen LogP contribution in [0.2, 0.25) is 5.02 Å². The van der Waals surface area contributed by atoms with Crippen molar-refractivity contribution in [2.24, 2.45) is 5.10 Å². The van der Waals surface area contributed by atoms with E-state index in [0.29, 0.717) is 9.90 Å². The van der Waals surface area contributed by atoms with Crippen molar-refractivity contribution >= 4 is 62.0 Å². The summed E-state index contributed by atoms with van der Waals surface area (Å²) < 4.78 is 0.922. The van der Waals surface area contributed by atoms with Crippen LogP contribution in [0.4, 0.5) is 0 Å². The molecule has 4 aromatic rings. The normalized spacial score (nSPS) is 11.3. The molecular formula is C20H15ClN4O2S. The van der Waals surface area contributed by atoms with Crippen LogP contribution in [0.15, 0.2) is 59.8 Å². The Morgan fingerprint density at radius 1 is 1.11 bits per heavy atom. The fourth-order valence-electron chi connectivity index (χ4n) is 2.82. The van der Waals surface area contributed by atoms with Gasteiger partial charge in [0.25, 0.3) is 11.8 Å². The summed E-state index contributed by atoms with van der Waals surface area (Å²) in [4.78, 5) is 27.8. The second kappa shape index (κ2) is 7.84. The van der Waals surface area contributed by atoms with Gasteiger partial charge in [0.05, 0.1) is 17.8 Å². The van der Waals surface area contributed by atoms with E-state index in [1.165, 1.54) is 11.3 Å². The van der Waals surface area contributed by atoms with Crippen molar-refractivity contribution < 1.29 is 9.59 Å². The Labute approximate surface area is 169 Å². The van der Waals surface area contributed by atoms with E-state index in [9.17, 15) is 9.59 Å². The molecule has 0 saturated carbocycles. The Hall–Kier alpha value is -3.16. The van der Waals surface area contributed by atoms with Crippen molar-refractivity contribution in [1.82, 2.24) is 15.7 Å². The van der Waals surface area contributed by atoms with Gasteiger partial charge in [-0.3, -0.25) is 9.59 Å². The second-order valence-electron chi connectivity index (χ2n) is 6.01. The van der Waals surface area contributed by atoms with Crippen molar-refractivity contribution in [3.63, 3.8) is 0 Å². The number of nitrogens with zero attached hydrogens (tertiary/aromatic N) is 1. The third-order valence-corrected chi connectivity index (χ3v) is 5.84. The zero-order chi connectivity index (χ0) is 19.5. The second-order valence-corrected chi connectivity index (χ2v) is 7.44. The number of para-hydroxylation sites is 1. The molecule has 6 nitrogen and oxygen atoms in total. The lowest BCUT2D eigenvalue weighted by atomic mass is 10.2. The Bertz CT molecular complexity index is 1210. The first-order chi connectivity index (χ1) is 13.6. The Morgan fingerprint density at radius 3 is 2.68 bits per heavy atom. The standard InChI is InChI=1S/C20H15ClN4O2S/c21-18-14-6-2-4-8-16(14)28-19(18)20(27)23-11-17(26)25-24-10-12-9-22-15-7-3-1-5-13(12)15/h1-10,22H,11H2,(H,23,27)(H,25,26). The highest BCUT2D eigenvalue weighted by molar-refractivity contribution is 7.21. The predicted octanol–water partition coefficient (Wildman–Crippen LogP) is 3.92. The fraction of sp³-hybridized carbons (Fsp3) is 0.0500. The largest absolute Gasteiger partial charge is 0.361 e. The first-order valence-electron chi connectivity index (χ1n) is 8.47. The van der Waals surface area contributed by atoms with Gasteiger partial charge in [-0.15, -0.1) is 11.3 Å². The Morgan fingerprint density at radius 2 is 1.86 bits per heavy atom. The monoisotopic (exact) mass is 410 g/mol. The molecule has 0 spiro atoms. The molecule has 0 bridgehead atoms. The molecule has 140 valence electrons. The van der Waals surface area contributed by atoms with Gasteiger partial charge in [0.2, 0.25) is 0 Å². The summed E-state index contributed by atoms with van der Waals surface area (Å²) >= 11 is 7.57. The quantitative estimate of drug-likeness (QED) is 0.344. The SMILES string of the molecule is O=C(CNC(=O)c1sc2ccccc2c1Cl)NN=Cc1c[nH]c2ccccc12. The molecular weight excluding hydrogens is 396 g/mol. The molecule has 0 fully saturated rings. The number of hydrazone groups is 1. The number of thiophene rings is 1. The lowest BCUT2D eigenvalue weighted by molar-refractivity contribution is -0.120. The van der Waals surface area contributed by atoms with Crippen LogP contribution >= 0.6 is 22.9 Å². The first kappa shape index (κ1) is 18.2. The number of halogens is 1. The Balaban J connectivity index is 1.35. The molecule has 8 heteroatoms. The van der Waals surface area contributed by atoms with Crippen molar-refractivity contribution in [3.8, 4) is 0 Å². The van der Waals surface area contributed by atoms with Crippen LogP contribution in [-0.4, -0.2) is 29.6 Å². The molecule has 28 heavy (non-hydrogen) atoms. The zero-order valence-corrected chi connectivity index (χ0v) is 16.1. The number of carbonyl (C=O) groups excluding carboxylic acids is 2. The lowest BCUT2D eigenvalue weighted by Crippen LogP contribution is -2.34. The van der Waals surface area contributed by atoms with E-state index < -0.39 is 5.91 Å². The van der Waals surface area contributed by atoms with Gasteiger partial charge in [0.1, 0.15) is 4.88 Å². The minimum Gasteiger partial charge on any atom is -0.361 e. The molecule has 2 amide bonds. The number of rotatable bonds is 5. The van der Waals surface area contributed by atoms with Gasteiger partial charge < -0.3 is 10.3 Å². The molecule has 0 saturated heterocycles. The fourth-order valence-corrected chi connectivity index (χ4v) is 4.25. The Kier molecular flexibility index (Phi) is 5.10. The highest BCUT2D eigenvalue weighted by atomic mass is 35.5. The number of amides is 2. The molecule has 0 atom stereocenters. The zero-order valence-electron chi connectivity index (χ0n) is 14.5. The maximum Gasteiger partial charge on any atom is 0.263 e. The number of H-pyrrole nitrogens is 1. The van der Waals surface area contributed by atoms with Gasteiger partial charge >= 0.3 is 0 Å². The number of aromatic nitrogens is 1. The van der Waals surface area contributed by atoms with Crippen LogP contribution in [0.25, 0.3) is 21.0 Å². The number of carbonyl (C=O) groups is 2. The van der Waals surface area contributed by atoms with Crippen molar-refractivity contribution in [3.05, 3.63) is 70.2 Å². The average molecular weight is 411 g/mol. The maximum atomic E-state index is 12.3. The molecule has 0 aliphatic carbocycles. The summed E-state index contributed by atoms with van der Waals surface area (Å²) in [5.74, 6) is -0.816.